The van der Waals surface area contributed by atoms with Crippen LogP contribution in [0, 0.1) is 11.8 Å². The van der Waals surface area contributed by atoms with Gasteiger partial charge >= 0.3 is 0 Å². The van der Waals surface area contributed by atoms with Crippen molar-refractivity contribution in [3.05, 3.63) is 27.7 Å². The van der Waals surface area contributed by atoms with Gasteiger partial charge in [0.05, 0.1) is 17.2 Å². The molecule has 0 radical (unpaired) electrons. The molecule has 0 spiro atoms. The molecular formula is C18H23Cl2NO2. The number of hydrogen-bond donors (Lipinski definition) is 0. The van der Waals surface area contributed by atoms with Crippen molar-refractivity contribution in [2.24, 2.45) is 11.8 Å². The van der Waals surface area contributed by atoms with E-state index in [-0.39, 0.29) is 5.91 Å². The number of methoxy groups -OCH3 is 1. The van der Waals surface area contributed by atoms with Gasteiger partial charge in [-0.05, 0) is 56.1 Å². The Bertz CT molecular complexity index is 582. The zero-order valence-corrected chi connectivity index (χ0v) is 15.2. The average Bonchev–Trinajstić information content (AvgIpc) is 2.53. The first-order chi connectivity index (χ1) is 11.0. The largest absolute Gasteiger partial charge is 0.494 e. The normalized spacial score (nSPS) is 27.5. The lowest BCUT2D eigenvalue weighted by atomic mass is 9.74. The number of fused-ring (bicyclic) bond motifs is 1. The van der Waals surface area contributed by atoms with Gasteiger partial charge in [0.15, 0.2) is 5.75 Å². The molecule has 0 N–H and O–H groups in total. The monoisotopic (exact) mass is 355 g/mol. The van der Waals surface area contributed by atoms with Crippen LogP contribution in [-0.2, 0) is 0 Å². The van der Waals surface area contributed by atoms with Gasteiger partial charge in [-0.15, -0.1) is 0 Å². The molecule has 1 saturated heterocycles. The lowest BCUT2D eigenvalue weighted by Crippen LogP contribution is -2.50. The van der Waals surface area contributed by atoms with Gasteiger partial charge in [-0.1, -0.05) is 30.1 Å². The maximum absolute atomic E-state index is 13.0. The van der Waals surface area contributed by atoms with Crippen LogP contribution in [0.5, 0.6) is 5.75 Å². The summed E-state index contributed by atoms with van der Waals surface area (Å²) in [6.45, 7) is 3.15. The Labute approximate surface area is 147 Å². The highest BCUT2D eigenvalue weighted by Gasteiger charge is 2.38. The van der Waals surface area contributed by atoms with Crippen molar-refractivity contribution < 1.29 is 9.53 Å². The van der Waals surface area contributed by atoms with Gasteiger partial charge in [-0.25, -0.2) is 0 Å². The lowest BCUT2D eigenvalue weighted by Gasteiger charge is -2.45. The molecule has 1 aromatic carbocycles. The van der Waals surface area contributed by atoms with Crippen LogP contribution in [0.15, 0.2) is 12.1 Å². The number of halogens is 2. The second-order valence-corrected chi connectivity index (χ2v) is 7.67. The number of rotatable bonds is 2. The fourth-order valence-corrected chi connectivity index (χ4v) is 4.83. The van der Waals surface area contributed by atoms with Crippen LogP contribution in [0.4, 0.5) is 0 Å². The van der Waals surface area contributed by atoms with E-state index in [9.17, 15) is 4.79 Å². The predicted octanol–water partition coefficient (Wildman–Crippen LogP) is 5.04. The minimum Gasteiger partial charge on any atom is -0.494 e. The van der Waals surface area contributed by atoms with Crippen molar-refractivity contribution in [2.45, 2.75) is 45.1 Å². The number of carbonyl (C=O) groups excluding carboxylic acids is 1. The molecular weight excluding hydrogens is 333 g/mol. The molecule has 1 amide bonds. The summed E-state index contributed by atoms with van der Waals surface area (Å²) in [7, 11) is 1.52. The average molecular weight is 356 g/mol. The molecule has 0 bridgehead atoms. The van der Waals surface area contributed by atoms with Gasteiger partial charge in [0, 0.05) is 18.2 Å². The first-order valence-corrected chi connectivity index (χ1v) is 9.11. The number of ether oxygens (including phenoxy) is 1. The SMILES string of the molecule is COc1c(Cl)cc(C(=O)N2CCCC3CC(C)CCC32)cc1Cl. The number of hydrogen-bond acceptors (Lipinski definition) is 2. The summed E-state index contributed by atoms with van der Waals surface area (Å²) < 4.78 is 5.16. The molecule has 23 heavy (non-hydrogen) atoms. The Hall–Kier alpha value is -0.930. The predicted molar refractivity (Wildman–Crippen MR) is 93.6 cm³/mol. The molecule has 126 valence electrons. The minimum atomic E-state index is 0.0423. The van der Waals surface area contributed by atoms with Crippen molar-refractivity contribution in [1.82, 2.24) is 4.90 Å². The quantitative estimate of drug-likeness (QED) is 0.743. The third-order valence-electron chi connectivity index (χ3n) is 5.29. The zero-order chi connectivity index (χ0) is 16.6. The Kier molecular flexibility index (Phi) is 5.07. The zero-order valence-electron chi connectivity index (χ0n) is 13.6. The number of likely N-dealkylation sites (tertiary alicyclic amines) is 1. The molecule has 1 heterocycles. The van der Waals surface area contributed by atoms with Crippen LogP contribution in [0.2, 0.25) is 10.0 Å². The second kappa shape index (κ2) is 6.90. The van der Waals surface area contributed by atoms with E-state index in [4.69, 9.17) is 27.9 Å². The van der Waals surface area contributed by atoms with Crippen molar-refractivity contribution in [3.63, 3.8) is 0 Å². The van der Waals surface area contributed by atoms with Gasteiger partial charge in [0.2, 0.25) is 0 Å². The first kappa shape index (κ1) is 16.9. The summed E-state index contributed by atoms with van der Waals surface area (Å²) in [6, 6.07) is 3.71. The molecule has 3 atom stereocenters. The highest BCUT2D eigenvalue weighted by Crippen LogP contribution is 2.39. The van der Waals surface area contributed by atoms with E-state index in [1.807, 2.05) is 0 Å². The highest BCUT2D eigenvalue weighted by molar-refractivity contribution is 6.37. The first-order valence-electron chi connectivity index (χ1n) is 8.35. The summed E-state index contributed by atoms with van der Waals surface area (Å²) in [5, 5.41) is 0.767. The minimum absolute atomic E-state index is 0.0423. The van der Waals surface area contributed by atoms with Gasteiger partial charge in [-0.2, -0.15) is 0 Å². The van der Waals surface area contributed by atoms with E-state index in [2.05, 4.69) is 11.8 Å². The Morgan fingerprint density at radius 3 is 2.57 bits per heavy atom. The molecule has 3 unspecified atom stereocenters. The smallest absolute Gasteiger partial charge is 0.254 e. The number of piperidine rings is 1. The fraction of sp³-hybridized carbons (Fsp3) is 0.611. The van der Waals surface area contributed by atoms with Crippen LogP contribution < -0.4 is 4.74 Å². The highest BCUT2D eigenvalue weighted by atomic mass is 35.5. The molecule has 1 saturated carbocycles. The number of nitrogens with zero attached hydrogens (tertiary/aromatic N) is 1. The van der Waals surface area contributed by atoms with Crippen LogP contribution >= 0.6 is 23.2 Å². The molecule has 1 aromatic rings. The van der Waals surface area contributed by atoms with E-state index in [0.717, 1.165) is 25.3 Å². The summed E-state index contributed by atoms with van der Waals surface area (Å²) >= 11 is 12.4. The van der Waals surface area contributed by atoms with Crippen LogP contribution in [0.3, 0.4) is 0 Å². The molecule has 2 aliphatic rings. The topological polar surface area (TPSA) is 29.5 Å². The van der Waals surface area contributed by atoms with Crippen molar-refractivity contribution in [1.29, 1.82) is 0 Å². The molecule has 0 aromatic heterocycles. The summed E-state index contributed by atoms with van der Waals surface area (Å²) in [5.74, 6) is 1.88. The molecule has 5 heteroatoms. The van der Waals surface area contributed by atoms with E-state index in [1.54, 1.807) is 12.1 Å². The molecule has 2 fully saturated rings. The van der Waals surface area contributed by atoms with Gasteiger partial charge in [0.25, 0.3) is 5.91 Å². The van der Waals surface area contributed by atoms with Crippen molar-refractivity contribution in [3.8, 4) is 5.75 Å². The Balaban J connectivity index is 1.85. The van der Waals surface area contributed by atoms with E-state index < -0.39 is 0 Å². The van der Waals surface area contributed by atoms with Crippen LogP contribution in [0.1, 0.15) is 49.4 Å². The summed E-state index contributed by atoms with van der Waals surface area (Å²) in [6.07, 6.45) is 5.86. The summed E-state index contributed by atoms with van der Waals surface area (Å²) in [5.41, 5.74) is 0.556. The van der Waals surface area contributed by atoms with Gasteiger partial charge in [-0.3, -0.25) is 4.79 Å². The van der Waals surface area contributed by atoms with Crippen LogP contribution in [0.25, 0.3) is 0 Å². The Morgan fingerprint density at radius 1 is 1.22 bits per heavy atom. The molecule has 1 aliphatic heterocycles. The standard InChI is InChI=1S/C18H23Cl2NO2/c1-11-5-6-16-12(8-11)4-3-7-21(16)18(22)13-9-14(19)17(23-2)15(20)10-13/h9-12,16H,3-8H2,1-2H3. The van der Waals surface area contributed by atoms with Crippen LogP contribution in [-0.4, -0.2) is 30.5 Å². The summed E-state index contributed by atoms with van der Waals surface area (Å²) in [4.78, 5) is 15.1. The van der Waals surface area contributed by atoms with E-state index in [0.29, 0.717) is 33.3 Å². The Morgan fingerprint density at radius 2 is 1.91 bits per heavy atom. The lowest BCUT2D eigenvalue weighted by molar-refractivity contribution is 0.0322. The number of amides is 1. The van der Waals surface area contributed by atoms with Crippen molar-refractivity contribution >= 4 is 29.1 Å². The van der Waals surface area contributed by atoms with Gasteiger partial charge in [0.1, 0.15) is 0 Å². The maximum atomic E-state index is 13.0. The third kappa shape index (κ3) is 3.32. The maximum Gasteiger partial charge on any atom is 0.254 e. The number of carbonyl (C=O) groups is 1. The van der Waals surface area contributed by atoms with Gasteiger partial charge < -0.3 is 9.64 Å². The fourth-order valence-electron chi connectivity index (χ4n) is 4.19. The molecule has 3 nitrogen and oxygen atoms in total. The van der Waals surface area contributed by atoms with E-state index >= 15 is 0 Å². The molecule has 1 aliphatic carbocycles. The molecule has 3 rings (SSSR count). The van der Waals surface area contributed by atoms with Crippen molar-refractivity contribution in [2.75, 3.05) is 13.7 Å². The van der Waals surface area contributed by atoms with E-state index in [1.165, 1.54) is 26.4 Å². The number of benzene rings is 1. The second-order valence-electron chi connectivity index (χ2n) is 6.86. The third-order valence-corrected chi connectivity index (χ3v) is 5.85.